The predicted molar refractivity (Wildman–Crippen MR) is 50.9 cm³/mol. The lowest BCUT2D eigenvalue weighted by Gasteiger charge is -2.00. The van der Waals surface area contributed by atoms with Crippen LogP contribution < -0.4 is 0 Å². The molecule has 0 N–H and O–H groups in total. The highest BCUT2D eigenvalue weighted by atomic mass is 35.5. The van der Waals surface area contributed by atoms with E-state index in [0.717, 1.165) is 10.6 Å². The molecule has 1 aromatic carbocycles. The summed E-state index contributed by atoms with van der Waals surface area (Å²) >= 11 is 5.92. The first-order chi connectivity index (χ1) is 5.25. The van der Waals surface area contributed by atoms with Gasteiger partial charge in [-0.2, -0.15) is 0 Å². The molecule has 0 saturated carbocycles. The first kappa shape index (κ1) is 8.35. The van der Waals surface area contributed by atoms with Crippen LogP contribution in [0.1, 0.15) is 18.1 Å². The van der Waals surface area contributed by atoms with Crippen LogP contribution in [0.25, 0.3) is 6.08 Å². The highest BCUT2D eigenvalue weighted by molar-refractivity contribution is 6.31. The minimum atomic E-state index is 0.834. The maximum atomic E-state index is 5.92. The molecule has 0 heterocycles. The maximum Gasteiger partial charge on any atom is 0.0441 e. The molecule has 0 aromatic heterocycles. The largest absolute Gasteiger partial charge is 0.0871 e. The zero-order valence-electron chi connectivity index (χ0n) is 6.76. The van der Waals surface area contributed by atoms with Gasteiger partial charge in [0.2, 0.25) is 0 Å². The number of allylic oxidation sites excluding steroid dienone is 1. The fourth-order valence-corrected chi connectivity index (χ4v) is 1.17. The van der Waals surface area contributed by atoms with Crippen LogP contribution in [0.5, 0.6) is 0 Å². The van der Waals surface area contributed by atoms with Gasteiger partial charge >= 0.3 is 0 Å². The Morgan fingerprint density at radius 1 is 1.36 bits per heavy atom. The van der Waals surface area contributed by atoms with Gasteiger partial charge in [0.25, 0.3) is 0 Å². The summed E-state index contributed by atoms with van der Waals surface area (Å²) < 4.78 is 0. The van der Waals surface area contributed by atoms with Crippen LogP contribution in [-0.2, 0) is 0 Å². The van der Waals surface area contributed by atoms with E-state index in [2.05, 4.69) is 12.1 Å². The summed E-state index contributed by atoms with van der Waals surface area (Å²) in [6.07, 6.45) is 4.07. The molecule has 0 aliphatic rings. The summed E-state index contributed by atoms with van der Waals surface area (Å²) in [5.74, 6) is 0. The molecule has 0 fully saturated rings. The molecule has 0 aliphatic heterocycles. The van der Waals surface area contributed by atoms with Crippen molar-refractivity contribution >= 4 is 17.7 Å². The molecule has 0 bridgehead atoms. The van der Waals surface area contributed by atoms with Crippen molar-refractivity contribution in [3.63, 3.8) is 0 Å². The van der Waals surface area contributed by atoms with Gasteiger partial charge in [-0.3, -0.25) is 0 Å². The highest BCUT2D eigenvalue weighted by Gasteiger charge is 1.96. The molecule has 0 radical (unpaired) electrons. The van der Waals surface area contributed by atoms with Gasteiger partial charge in [-0.05, 0) is 31.0 Å². The SMILES string of the molecule is C/C=C/c1cccc(Cl)c1C. The number of hydrogen-bond acceptors (Lipinski definition) is 0. The first-order valence-corrected chi connectivity index (χ1v) is 4.01. The van der Waals surface area contributed by atoms with E-state index in [1.54, 1.807) is 0 Å². The molecule has 11 heavy (non-hydrogen) atoms. The third-order valence-electron chi connectivity index (χ3n) is 1.66. The molecule has 0 atom stereocenters. The summed E-state index contributed by atoms with van der Waals surface area (Å²) in [5.41, 5.74) is 2.34. The van der Waals surface area contributed by atoms with Crippen LogP contribution in [0.2, 0.25) is 5.02 Å². The average Bonchev–Trinajstić information content (AvgIpc) is 1.99. The van der Waals surface area contributed by atoms with Gasteiger partial charge in [-0.25, -0.2) is 0 Å². The zero-order valence-corrected chi connectivity index (χ0v) is 7.52. The van der Waals surface area contributed by atoms with Gasteiger partial charge in [0.05, 0.1) is 0 Å². The van der Waals surface area contributed by atoms with Crippen molar-refractivity contribution in [2.75, 3.05) is 0 Å². The van der Waals surface area contributed by atoms with E-state index in [0.29, 0.717) is 0 Å². The second-order valence-electron chi connectivity index (χ2n) is 2.45. The maximum absolute atomic E-state index is 5.92. The monoisotopic (exact) mass is 166 g/mol. The van der Waals surface area contributed by atoms with E-state index in [9.17, 15) is 0 Å². The Balaban J connectivity index is 3.16. The number of benzene rings is 1. The van der Waals surface area contributed by atoms with Crippen molar-refractivity contribution in [3.05, 3.63) is 40.4 Å². The van der Waals surface area contributed by atoms with Crippen molar-refractivity contribution in [1.29, 1.82) is 0 Å². The van der Waals surface area contributed by atoms with Crippen LogP contribution in [0, 0.1) is 6.92 Å². The number of hydrogen-bond donors (Lipinski definition) is 0. The van der Waals surface area contributed by atoms with Gasteiger partial charge in [0.15, 0.2) is 0 Å². The third kappa shape index (κ3) is 1.84. The summed E-state index contributed by atoms with van der Waals surface area (Å²) in [4.78, 5) is 0. The molecule has 0 unspecified atom stereocenters. The van der Waals surface area contributed by atoms with Gasteiger partial charge < -0.3 is 0 Å². The molecule has 1 rings (SSSR count). The number of rotatable bonds is 1. The second kappa shape index (κ2) is 3.59. The Kier molecular flexibility index (Phi) is 2.72. The smallest absolute Gasteiger partial charge is 0.0441 e. The molecular weight excluding hydrogens is 156 g/mol. The molecule has 0 spiro atoms. The molecule has 0 aliphatic carbocycles. The van der Waals surface area contributed by atoms with E-state index in [1.165, 1.54) is 5.56 Å². The fraction of sp³-hybridized carbons (Fsp3) is 0.200. The van der Waals surface area contributed by atoms with Gasteiger partial charge in [0.1, 0.15) is 0 Å². The lowest BCUT2D eigenvalue weighted by molar-refractivity contribution is 1.44. The topological polar surface area (TPSA) is 0 Å². The van der Waals surface area contributed by atoms with Crippen molar-refractivity contribution in [3.8, 4) is 0 Å². The van der Waals surface area contributed by atoms with E-state index in [1.807, 2.05) is 32.1 Å². The average molecular weight is 167 g/mol. The first-order valence-electron chi connectivity index (χ1n) is 3.63. The van der Waals surface area contributed by atoms with Crippen LogP contribution >= 0.6 is 11.6 Å². The van der Waals surface area contributed by atoms with Crippen LogP contribution in [0.4, 0.5) is 0 Å². The van der Waals surface area contributed by atoms with Crippen molar-refractivity contribution in [2.45, 2.75) is 13.8 Å². The Labute approximate surface area is 72.5 Å². The van der Waals surface area contributed by atoms with Crippen molar-refractivity contribution in [1.82, 2.24) is 0 Å². The minimum Gasteiger partial charge on any atom is -0.0871 e. The zero-order chi connectivity index (χ0) is 8.27. The van der Waals surface area contributed by atoms with Crippen LogP contribution in [0.3, 0.4) is 0 Å². The normalized spacial score (nSPS) is 10.8. The molecule has 0 amide bonds. The summed E-state index contributed by atoms with van der Waals surface area (Å²) in [5, 5.41) is 0.834. The molecule has 58 valence electrons. The molecule has 1 heteroatoms. The molecule has 0 nitrogen and oxygen atoms in total. The highest BCUT2D eigenvalue weighted by Crippen LogP contribution is 2.19. The quantitative estimate of drug-likeness (QED) is 0.597. The van der Waals surface area contributed by atoms with Crippen molar-refractivity contribution in [2.24, 2.45) is 0 Å². The van der Waals surface area contributed by atoms with Gasteiger partial charge in [0, 0.05) is 5.02 Å². The molecular formula is C10H11Cl. The third-order valence-corrected chi connectivity index (χ3v) is 2.07. The second-order valence-corrected chi connectivity index (χ2v) is 2.86. The van der Waals surface area contributed by atoms with Gasteiger partial charge in [-0.15, -0.1) is 0 Å². The Morgan fingerprint density at radius 2 is 2.09 bits per heavy atom. The lowest BCUT2D eigenvalue weighted by Crippen LogP contribution is -1.80. The molecule has 1 aromatic rings. The van der Waals surface area contributed by atoms with Crippen molar-refractivity contribution < 1.29 is 0 Å². The lowest BCUT2D eigenvalue weighted by atomic mass is 10.1. The fourth-order valence-electron chi connectivity index (χ4n) is 0.984. The van der Waals surface area contributed by atoms with Crippen LogP contribution in [-0.4, -0.2) is 0 Å². The van der Waals surface area contributed by atoms with E-state index in [-0.39, 0.29) is 0 Å². The van der Waals surface area contributed by atoms with E-state index < -0.39 is 0 Å². The minimum absolute atomic E-state index is 0.834. The predicted octanol–water partition coefficient (Wildman–Crippen LogP) is 3.68. The Hall–Kier alpha value is -0.750. The summed E-state index contributed by atoms with van der Waals surface area (Å²) in [6, 6.07) is 5.93. The summed E-state index contributed by atoms with van der Waals surface area (Å²) in [6.45, 7) is 4.03. The van der Waals surface area contributed by atoms with Crippen LogP contribution in [0.15, 0.2) is 24.3 Å². The Bertz CT molecular complexity index is 274. The number of halogens is 1. The standard InChI is InChI=1S/C10H11Cl/c1-3-5-9-6-4-7-10(11)8(9)2/h3-7H,1-2H3/b5-3+. The van der Waals surface area contributed by atoms with E-state index >= 15 is 0 Å². The van der Waals surface area contributed by atoms with E-state index in [4.69, 9.17) is 11.6 Å². The summed E-state index contributed by atoms with van der Waals surface area (Å²) in [7, 11) is 0. The van der Waals surface area contributed by atoms with Gasteiger partial charge in [-0.1, -0.05) is 35.9 Å². The Morgan fingerprint density at radius 3 is 2.73 bits per heavy atom. The molecule has 0 saturated heterocycles.